The summed E-state index contributed by atoms with van der Waals surface area (Å²) in [5.41, 5.74) is 8.73. The quantitative estimate of drug-likeness (QED) is 0.232. The van der Waals surface area contributed by atoms with E-state index in [1.54, 1.807) is 0 Å². The summed E-state index contributed by atoms with van der Waals surface area (Å²) in [5.74, 6) is -1.19. The Hall–Kier alpha value is -4.38. The van der Waals surface area contributed by atoms with E-state index in [0.717, 1.165) is 45.4 Å². The van der Waals surface area contributed by atoms with Crippen molar-refractivity contribution in [3.05, 3.63) is 119 Å². The number of aryl methyl sites for hydroxylation is 1. The monoisotopic (exact) mass is 519 g/mol. The van der Waals surface area contributed by atoms with Crippen molar-refractivity contribution in [1.82, 2.24) is 5.32 Å². The second kappa shape index (κ2) is 12.0. The van der Waals surface area contributed by atoms with Gasteiger partial charge in [0.25, 0.3) is 0 Å². The molecule has 1 aliphatic rings. The minimum Gasteiger partial charge on any atom is -0.480 e. The van der Waals surface area contributed by atoms with Gasteiger partial charge in [-0.25, -0.2) is 9.59 Å². The SMILES string of the molecule is CCCCc1ccc(-c2cccc(CC(NC(=O)OCC3c4ccccc4-c4ccccc43)C(=O)O)c2)cc1. The van der Waals surface area contributed by atoms with Gasteiger partial charge in [0.2, 0.25) is 0 Å². The summed E-state index contributed by atoms with van der Waals surface area (Å²) in [6, 6.07) is 31.4. The molecule has 1 unspecified atom stereocenters. The summed E-state index contributed by atoms with van der Waals surface area (Å²) in [7, 11) is 0. The van der Waals surface area contributed by atoms with Crippen LogP contribution in [-0.2, 0) is 22.4 Å². The first kappa shape index (κ1) is 26.2. The molecule has 1 atom stereocenters. The fourth-order valence-corrected chi connectivity index (χ4v) is 5.34. The Labute approximate surface area is 229 Å². The Morgan fingerprint density at radius 2 is 1.49 bits per heavy atom. The molecule has 0 saturated carbocycles. The van der Waals surface area contributed by atoms with Crippen molar-refractivity contribution in [2.24, 2.45) is 0 Å². The number of aliphatic carboxylic acids is 1. The number of carboxylic acid groups (broad SMARTS) is 1. The molecule has 0 aromatic heterocycles. The number of nitrogens with one attached hydrogen (secondary N) is 1. The second-order valence-corrected chi connectivity index (χ2v) is 10.1. The molecule has 0 saturated heterocycles. The standard InChI is InChI=1S/C34H33NO4/c1-2-3-9-23-16-18-25(19-17-23)26-11-8-10-24(20-26)21-32(33(36)37)35-34(38)39-22-31-29-14-6-4-12-27(29)28-13-5-7-15-30(28)31/h4-8,10-20,31-32H,2-3,9,21-22H2,1H3,(H,35,38)(H,36,37). The lowest BCUT2D eigenvalue weighted by Crippen LogP contribution is -2.42. The number of carbonyl (C=O) groups is 2. The fraction of sp³-hybridized carbons (Fsp3) is 0.235. The first-order chi connectivity index (χ1) is 19.0. The largest absolute Gasteiger partial charge is 0.480 e. The van der Waals surface area contributed by atoms with Crippen LogP contribution in [0.25, 0.3) is 22.3 Å². The zero-order valence-corrected chi connectivity index (χ0v) is 22.1. The van der Waals surface area contributed by atoms with Gasteiger partial charge in [0.15, 0.2) is 0 Å². The first-order valence-corrected chi connectivity index (χ1v) is 13.6. The van der Waals surface area contributed by atoms with Gasteiger partial charge in [-0.1, -0.05) is 110 Å². The molecule has 0 fully saturated rings. The van der Waals surface area contributed by atoms with E-state index in [2.05, 4.69) is 48.6 Å². The molecular formula is C34H33NO4. The molecule has 5 heteroatoms. The number of amides is 1. The third-order valence-electron chi connectivity index (χ3n) is 7.41. The van der Waals surface area contributed by atoms with Crippen molar-refractivity contribution in [2.75, 3.05) is 6.61 Å². The molecule has 39 heavy (non-hydrogen) atoms. The van der Waals surface area contributed by atoms with Crippen LogP contribution in [0, 0.1) is 0 Å². The fourth-order valence-electron chi connectivity index (χ4n) is 5.34. The highest BCUT2D eigenvalue weighted by molar-refractivity contribution is 5.81. The maximum absolute atomic E-state index is 12.7. The number of fused-ring (bicyclic) bond motifs is 3. The molecule has 5 rings (SSSR count). The van der Waals surface area contributed by atoms with Crippen molar-refractivity contribution in [2.45, 2.75) is 44.6 Å². The predicted octanol–water partition coefficient (Wildman–Crippen LogP) is 7.23. The lowest BCUT2D eigenvalue weighted by Gasteiger charge is -2.18. The molecule has 2 N–H and O–H groups in total. The van der Waals surface area contributed by atoms with Crippen molar-refractivity contribution in [1.29, 1.82) is 0 Å². The Morgan fingerprint density at radius 1 is 0.821 bits per heavy atom. The number of alkyl carbamates (subject to hydrolysis) is 1. The number of hydrogen-bond donors (Lipinski definition) is 2. The Bertz CT molecular complexity index is 1410. The summed E-state index contributed by atoms with van der Waals surface area (Å²) in [5, 5.41) is 12.4. The zero-order chi connectivity index (χ0) is 27.2. The molecule has 0 bridgehead atoms. The molecular weight excluding hydrogens is 486 g/mol. The molecule has 5 nitrogen and oxygen atoms in total. The van der Waals surface area contributed by atoms with Crippen LogP contribution in [0.1, 0.15) is 47.9 Å². The molecule has 0 heterocycles. The highest BCUT2D eigenvalue weighted by Crippen LogP contribution is 2.44. The minimum absolute atomic E-state index is 0.0866. The third-order valence-corrected chi connectivity index (χ3v) is 7.41. The van der Waals surface area contributed by atoms with E-state index in [9.17, 15) is 14.7 Å². The number of rotatable bonds is 10. The van der Waals surface area contributed by atoms with Crippen molar-refractivity contribution >= 4 is 12.1 Å². The summed E-state index contributed by atoms with van der Waals surface area (Å²) < 4.78 is 5.58. The highest BCUT2D eigenvalue weighted by atomic mass is 16.5. The minimum atomic E-state index is -1.10. The predicted molar refractivity (Wildman–Crippen MR) is 154 cm³/mol. The Balaban J connectivity index is 1.23. The van der Waals surface area contributed by atoms with Gasteiger partial charge < -0.3 is 15.2 Å². The number of hydrogen-bond acceptors (Lipinski definition) is 3. The van der Waals surface area contributed by atoms with E-state index < -0.39 is 18.1 Å². The van der Waals surface area contributed by atoms with Crippen LogP contribution < -0.4 is 5.32 Å². The number of ether oxygens (including phenoxy) is 1. The lowest BCUT2D eigenvalue weighted by atomic mass is 9.98. The smallest absolute Gasteiger partial charge is 0.407 e. The van der Waals surface area contributed by atoms with Gasteiger partial charge in [0, 0.05) is 12.3 Å². The maximum Gasteiger partial charge on any atom is 0.407 e. The van der Waals surface area contributed by atoms with Crippen LogP contribution in [0.5, 0.6) is 0 Å². The summed E-state index contributed by atoms with van der Waals surface area (Å²) in [6.07, 6.45) is 2.82. The van der Waals surface area contributed by atoms with Crippen molar-refractivity contribution in [3.8, 4) is 22.3 Å². The highest BCUT2D eigenvalue weighted by Gasteiger charge is 2.29. The molecule has 1 aliphatic carbocycles. The van der Waals surface area contributed by atoms with Gasteiger partial charge in [0.1, 0.15) is 12.6 Å². The third kappa shape index (κ3) is 6.04. The van der Waals surface area contributed by atoms with Gasteiger partial charge in [-0.3, -0.25) is 0 Å². The summed E-state index contributed by atoms with van der Waals surface area (Å²) in [4.78, 5) is 24.8. The van der Waals surface area contributed by atoms with Crippen LogP contribution in [0.4, 0.5) is 4.79 Å². The molecule has 4 aromatic rings. The van der Waals surface area contributed by atoms with Crippen LogP contribution in [0.2, 0.25) is 0 Å². The molecule has 4 aromatic carbocycles. The normalized spacial score (nSPS) is 12.8. The van der Waals surface area contributed by atoms with E-state index >= 15 is 0 Å². The number of carboxylic acids is 1. The average Bonchev–Trinajstić information content (AvgIpc) is 3.28. The van der Waals surface area contributed by atoms with E-state index in [1.807, 2.05) is 60.7 Å². The van der Waals surface area contributed by atoms with Crippen LogP contribution >= 0.6 is 0 Å². The van der Waals surface area contributed by atoms with E-state index in [0.29, 0.717) is 0 Å². The van der Waals surface area contributed by atoms with E-state index in [1.165, 1.54) is 18.4 Å². The summed E-state index contributed by atoms with van der Waals surface area (Å²) in [6.45, 7) is 2.32. The van der Waals surface area contributed by atoms with Crippen LogP contribution in [-0.4, -0.2) is 29.8 Å². The van der Waals surface area contributed by atoms with E-state index in [4.69, 9.17) is 4.74 Å². The molecule has 1 amide bonds. The first-order valence-electron chi connectivity index (χ1n) is 13.6. The van der Waals surface area contributed by atoms with Crippen molar-refractivity contribution < 1.29 is 19.4 Å². The van der Waals surface area contributed by atoms with Crippen LogP contribution in [0.3, 0.4) is 0 Å². The number of carbonyl (C=O) groups excluding carboxylic acids is 1. The van der Waals surface area contributed by atoms with Gasteiger partial charge in [0.05, 0.1) is 0 Å². The second-order valence-electron chi connectivity index (χ2n) is 10.1. The molecule has 198 valence electrons. The van der Waals surface area contributed by atoms with Gasteiger partial charge in [-0.05, 0) is 57.3 Å². The number of benzene rings is 4. The maximum atomic E-state index is 12.7. The molecule has 0 aliphatic heterocycles. The van der Waals surface area contributed by atoms with E-state index in [-0.39, 0.29) is 18.9 Å². The zero-order valence-electron chi connectivity index (χ0n) is 22.1. The Kier molecular flexibility index (Phi) is 8.07. The topological polar surface area (TPSA) is 75.6 Å². The van der Waals surface area contributed by atoms with Crippen molar-refractivity contribution in [3.63, 3.8) is 0 Å². The Morgan fingerprint density at radius 3 is 2.13 bits per heavy atom. The van der Waals surface area contributed by atoms with Gasteiger partial charge in [-0.15, -0.1) is 0 Å². The molecule has 0 spiro atoms. The number of unbranched alkanes of at least 4 members (excludes halogenated alkanes) is 1. The van der Waals surface area contributed by atoms with Gasteiger partial charge in [-0.2, -0.15) is 0 Å². The average molecular weight is 520 g/mol. The van der Waals surface area contributed by atoms with Gasteiger partial charge >= 0.3 is 12.1 Å². The molecule has 0 radical (unpaired) electrons. The lowest BCUT2D eigenvalue weighted by molar-refractivity contribution is -0.139. The van der Waals surface area contributed by atoms with Crippen LogP contribution in [0.15, 0.2) is 97.1 Å². The summed E-state index contributed by atoms with van der Waals surface area (Å²) >= 11 is 0.